The van der Waals surface area contributed by atoms with E-state index < -0.39 is 28.5 Å². The predicted octanol–water partition coefficient (Wildman–Crippen LogP) is 5.49. The molecular formula is C30H36ClN3O4S. The monoisotopic (exact) mass is 569 g/mol. The Morgan fingerprint density at radius 3 is 2.21 bits per heavy atom. The minimum absolute atomic E-state index is 0.0785. The second kappa shape index (κ2) is 13.6. The molecule has 9 heteroatoms. The van der Waals surface area contributed by atoms with Crippen LogP contribution in [0.4, 0.5) is 5.69 Å². The lowest BCUT2D eigenvalue weighted by Crippen LogP contribution is -2.52. The number of hydrogen-bond donors (Lipinski definition) is 1. The van der Waals surface area contributed by atoms with Gasteiger partial charge in [-0.05, 0) is 68.1 Å². The van der Waals surface area contributed by atoms with Gasteiger partial charge in [0.15, 0.2) is 0 Å². The maximum absolute atomic E-state index is 14.0. The summed E-state index contributed by atoms with van der Waals surface area (Å²) in [5.74, 6) is -0.756. The number of carbonyl (C=O) groups excluding carboxylic acids is 2. The maximum atomic E-state index is 14.0. The van der Waals surface area contributed by atoms with Crippen molar-refractivity contribution in [2.24, 2.45) is 0 Å². The second-order valence-electron chi connectivity index (χ2n) is 9.48. The summed E-state index contributed by atoms with van der Waals surface area (Å²) in [5, 5.41) is 3.44. The van der Waals surface area contributed by atoms with E-state index in [-0.39, 0.29) is 17.3 Å². The van der Waals surface area contributed by atoms with Gasteiger partial charge in [-0.2, -0.15) is 0 Å². The molecule has 0 aliphatic rings. The summed E-state index contributed by atoms with van der Waals surface area (Å²) in [5.41, 5.74) is 2.88. The molecule has 0 radical (unpaired) electrons. The van der Waals surface area contributed by atoms with E-state index in [4.69, 9.17) is 11.6 Å². The lowest BCUT2D eigenvalue weighted by atomic mass is 10.1. The average Bonchev–Trinajstić information content (AvgIpc) is 2.92. The third kappa shape index (κ3) is 7.61. The Kier molecular flexibility index (Phi) is 10.5. The van der Waals surface area contributed by atoms with Gasteiger partial charge in [-0.25, -0.2) is 8.42 Å². The van der Waals surface area contributed by atoms with E-state index in [1.165, 1.54) is 17.0 Å². The highest BCUT2D eigenvalue weighted by atomic mass is 35.5. The second-order valence-corrected chi connectivity index (χ2v) is 11.8. The number of carbonyl (C=O) groups is 2. The average molecular weight is 570 g/mol. The topological polar surface area (TPSA) is 86.8 Å². The van der Waals surface area contributed by atoms with Gasteiger partial charge >= 0.3 is 0 Å². The van der Waals surface area contributed by atoms with Gasteiger partial charge in [0.1, 0.15) is 12.6 Å². The fourth-order valence-corrected chi connectivity index (χ4v) is 6.02. The number of amides is 2. The fourth-order valence-electron chi connectivity index (χ4n) is 4.39. The lowest BCUT2D eigenvalue weighted by molar-refractivity contribution is -0.140. The summed E-state index contributed by atoms with van der Waals surface area (Å²) >= 11 is 6.06. The highest BCUT2D eigenvalue weighted by Crippen LogP contribution is 2.28. The number of benzene rings is 3. The van der Waals surface area contributed by atoms with Crippen LogP contribution in [0.25, 0.3) is 0 Å². The molecule has 208 valence electrons. The highest BCUT2D eigenvalue weighted by molar-refractivity contribution is 7.92. The maximum Gasteiger partial charge on any atom is 0.264 e. The van der Waals surface area contributed by atoms with Crippen LogP contribution in [-0.2, 0) is 26.2 Å². The van der Waals surface area contributed by atoms with Crippen LogP contribution in [0.15, 0.2) is 77.7 Å². The SMILES string of the molecule is CCCNC(=O)[C@@H](CC)N(Cc1ccc(Cl)cc1)C(=O)CN(c1ccc(C)cc1C)S(=O)(=O)c1ccccc1. The van der Waals surface area contributed by atoms with Gasteiger partial charge in [-0.15, -0.1) is 0 Å². The first-order valence-electron chi connectivity index (χ1n) is 13.0. The van der Waals surface area contributed by atoms with Crippen molar-refractivity contribution >= 4 is 39.1 Å². The molecule has 0 spiro atoms. The smallest absolute Gasteiger partial charge is 0.264 e. The minimum atomic E-state index is -4.10. The van der Waals surface area contributed by atoms with Crippen molar-refractivity contribution in [3.8, 4) is 0 Å². The summed E-state index contributed by atoms with van der Waals surface area (Å²) in [6, 6.07) is 19.7. The van der Waals surface area contributed by atoms with Gasteiger partial charge in [0.25, 0.3) is 10.0 Å². The fraction of sp³-hybridized carbons (Fsp3) is 0.333. The molecule has 39 heavy (non-hydrogen) atoms. The number of hydrogen-bond acceptors (Lipinski definition) is 4. The quantitative estimate of drug-likeness (QED) is 0.313. The van der Waals surface area contributed by atoms with Gasteiger partial charge in [-0.3, -0.25) is 13.9 Å². The molecule has 1 atom stereocenters. The zero-order valence-electron chi connectivity index (χ0n) is 22.9. The molecule has 2 amide bonds. The van der Waals surface area contributed by atoms with Crippen LogP contribution in [0.3, 0.4) is 0 Å². The normalized spacial score (nSPS) is 12.0. The molecule has 0 aliphatic heterocycles. The molecule has 1 N–H and O–H groups in total. The van der Waals surface area contributed by atoms with E-state index >= 15 is 0 Å². The van der Waals surface area contributed by atoms with Gasteiger partial charge in [0, 0.05) is 18.1 Å². The van der Waals surface area contributed by atoms with E-state index in [1.807, 2.05) is 39.8 Å². The number of rotatable bonds is 12. The first-order chi connectivity index (χ1) is 18.6. The third-order valence-electron chi connectivity index (χ3n) is 6.43. The molecular weight excluding hydrogens is 534 g/mol. The predicted molar refractivity (Wildman–Crippen MR) is 156 cm³/mol. The Hall–Kier alpha value is -3.36. The summed E-state index contributed by atoms with van der Waals surface area (Å²) in [4.78, 5) is 28.7. The third-order valence-corrected chi connectivity index (χ3v) is 8.46. The van der Waals surface area contributed by atoms with Crippen molar-refractivity contribution in [3.63, 3.8) is 0 Å². The van der Waals surface area contributed by atoms with E-state index in [1.54, 1.807) is 48.5 Å². The van der Waals surface area contributed by atoms with E-state index in [9.17, 15) is 18.0 Å². The molecule has 3 aromatic rings. The Bertz CT molecular complexity index is 1380. The Balaban J connectivity index is 2.07. The molecule has 0 fully saturated rings. The Labute approximate surface area is 236 Å². The molecule has 0 aromatic heterocycles. The zero-order valence-corrected chi connectivity index (χ0v) is 24.4. The first-order valence-corrected chi connectivity index (χ1v) is 14.9. The largest absolute Gasteiger partial charge is 0.354 e. The van der Waals surface area contributed by atoms with Gasteiger partial charge in [0.2, 0.25) is 11.8 Å². The van der Waals surface area contributed by atoms with Gasteiger partial charge in [0.05, 0.1) is 10.6 Å². The molecule has 3 rings (SSSR count). The number of aryl methyl sites for hydroxylation is 2. The summed E-state index contributed by atoms with van der Waals surface area (Å²) in [6.07, 6.45) is 1.12. The number of sulfonamides is 1. The molecule has 0 heterocycles. The highest BCUT2D eigenvalue weighted by Gasteiger charge is 2.34. The Morgan fingerprint density at radius 1 is 0.949 bits per heavy atom. The van der Waals surface area contributed by atoms with E-state index in [0.29, 0.717) is 23.7 Å². The number of anilines is 1. The van der Waals surface area contributed by atoms with Crippen molar-refractivity contribution in [2.45, 2.75) is 58.0 Å². The number of halogens is 1. The summed E-state index contributed by atoms with van der Waals surface area (Å²) in [7, 11) is -4.10. The number of nitrogens with zero attached hydrogens (tertiary/aromatic N) is 2. The van der Waals surface area contributed by atoms with Gasteiger partial charge < -0.3 is 10.2 Å². The van der Waals surface area contributed by atoms with Crippen molar-refractivity contribution in [1.82, 2.24) is 10.2 Å². The van der Waals surface area contributed by atoms with Crippen LogP contribution in [0.2, 0.25) is 5.02 Å². The van der Waals surface area contributed by atoms with Crippen LogP contribution in [0, 0.1) is 13.8 Å². The van der Waals surface area contributed by atoms with Crippen molar-refractivity contribution < 1.29 is 18.0 Å². The van der Waals surface area contributed by atoms with Crippen LogP contribution < -0.4 is 9.62 Å². The molecule has 3 aromatic carbocycles. The standard InChI is InChI=1S/C30H36ClN3O4S/c1-5-18-32-30(36)27(6-2)33(20-24-13-15-25(31)16-14-24)29(35)21-34(28-17-12-22(3)19-23(28)4)39(37,38)26-10-8-7-9-11-26/h7-17,19,27H,5-6,18,20-21H2,1-4H3,(H,32,36)/t27-/m1/s1. The molecule has 7 nitrogen and oxygen atoms in total. The first kappa shape index (κ1) is 30.2. The van der Waals surface area contributed by atoms with Crippen molar-refractivity contribution in [2.75, 3.05) is 17.4 Å². The minimum Gasteiger partial charge on any atom is -0.354 e. The summed E-state index contributed by atoms with van der Waals surface area (Å²) < 4.78 is 28.9. The summed E-state index contributed by atoms with van der Waals surface area (Å²) in [6.45, 7) is 7.67. The molecule has 0 saturated carbocycles. The van der Waals surface area contributed by atoms with E-state index in [2.05, 4.69) is 5.32 Å². The molecule has 0 saturated heterocycles. The van der Waals surface area contributed by atoms with Crippen LogP contribution >= 0.6 is 11.6 Å². The molecule has 0 aliphatic carbocycles. The van der Waals surface area contributed by atoms with Gasteiger partial charge in [-0.1, -0.05) is 73.5 Å². The lowest BCUT2D eigenvalue weighted by Gasteiger charge is -2.33. The van der Waals surface area contributed by atoms with Crippen LogP contribution in [0.5, 0.6) is 0 Å². The number of nitrogens with one attached hydrogen (secondary N) is 1. The Morgan fingerprint density at radius 2 is 1.62 bits per heavy atom. The van der Waals surface area contributed by atoms with Crippen molar-refractivity contribution in [3.05, 3.63) is 94.5 Å². The van der Waals surface area contributed by atoms with Crippen LogP contribution in [-0.4, -0.2) is 44.3 Å². The zero-order chi connectivity index (χ0) is 28.6. The van der Waals surface area contributed by atoms with Crippen molar-refractivity contribution in [1.29, 1.82) is 0 Å². The van der Waals surface area contributed by atoms with E-state index in [0.717, 1.165) is 27.4 Å². The molecule has 0 bridgehead atoms. The molecule has 0 unspecified atom stereocenters. The van der Waals surface area contributed by atoms with Crippen LogP contribution in [0.1, 0.15) is 43.4 Å².